The molecular formula is C12H22N4O2S2. The summed E-state index contributed by atoms with van der Waals surface area (Å²) >= 11 is 1.44. The molecule has 1 saturated heterocycles. The summed E-state index contributed by atoms with van der Waals surface area (Å²) in [5, 5.41) is 0.956. The van der Waals surface area contributed by atoms with E-state index in [9.17, 15) is 8.42 Å². The van der Waals surface area contributed by atoms with Crippen molar-refractivity contribution in [1.82, 2.24) is 14.1 Å². The van der Waals surface area contributed by atoms with E-state index in [4.69, 9.17) is 0 Å². The quantitative estimate of drug-likeness (QED) is 0.889. The second-order valence-corrected chi connectivity index (χ2v) is 8.23. The van der Waals surface area contributed by atoms with Gasteiger partial charge in [-0.25, -0.2) is 18.1 Å². The Hall–Kier alpha value is -0.730. The van der Waals surface area contributed by atoms with E-state index in [1.54, 1.807) is 0 Å². The summed E-state index contributed by atoms with van der Waals surface area (Å²) in [4.78, 5) is 6.80. The highest BCUT2D eigenvalue weighted by atomic mass is 32.2. The first-order chi connectivity index (χ1) is 9.35. The van der Waals surface area contributed by atoms with Crippen LogP contribution in [-0.4, -0.2) is 43.7 Å². The first-order valence-corrected chi connectivity index (χ1v) is 9.55. The van der Waals surface area contributed by atoms with E-state index < -0.39 is 10.0 Å². The van der Waals surface area contributed by atoms with Gasteiger partial charge in [-0.2, -0.15) is 4.37 Å². The predicted octanol–water partition coefficient (Wildman–Crippen LogP) is 1.43. The molecule has 20 heavy (non-hydrogen) atoms. The monoisotopic (exact) mass is 318 g/mol. The van der Waals surface area contributed by atoms with Gasteiger partial charge in [0.15, 0.2) is 0 Å². The number of nitrogens with one attached hydrogen (secondary N) is 1. The minimum absolute atomic E-state index is 0.338. The molecule has 1 aliphatic heterocycles. The smallest absolute Gasteiger partial charge is 0.208 e. The van der Waals surface area contributed by atoms with Crippen molar-refractivity contribution in [3.05, 3.63) is 5.82 Å². The summed E-state index contributed by atoms with van der Waals surface area (Å²) in [6.45, 7) is 6.49. The highest BCUT2D eigenvalue weighted by Crippen LogP contribution is 2.26. The number of hydrogen-bond donors (Lipinski definition) is 1. The summed E-state index contributed by atoms with van der Waals surface area (Å²) in [5.41, 5.74) is 0. The predicted molar refractivity (Wildman–Crippen MR) is 81.8 cm³/mol. The Labute approximate surface area is 124 Å². The molecule has 0 saturated carbocycles. The van der Waals surface area contributed by atoms with Gasteiger partial charge < -0.3 is 4.90 Å². The molecule has 1 aliphatic rings. The van der Waals surface area contributed by atoms with Crippen molar-refractivity contribution in [3.63, 3.8) is 0 Å². The lowest BCUT2D eigenvalue weighted by atomic mass is 9.99. The van der Waals surface area contributed by atoms with Crippen LogP contribution in [0.15, 0.2) is 0 Å². The van der Waals surface area contributed by atoms with Crippen molar-refractivity contribution in [2.24, 2.45) is 5.92 Å². The molecule has 0 aliphatic carbocycles. The van der Waals surface area contributed by atoms with Crippen LogP contribution < -0.4 is 9.62 Å². The molecule has 1 atom stereocenters. The zero-order valence-corrected chi connectivity index (χ0v) is 13.8. The van der Waals surface area contributed by atoms with Gasteiger partial charge in [-0.1, -0.05) is 13.8 Å². The van der Waals surface area contributed by atoms with E-state index in [1.807, 2.05) is 0 Å². The van der Waals surface area contributed by atoms with Crippen LogP contribution >= 0.6 is 11.5 Å². The van der Waals surface area contributed by atoms with E-state index in [1.165, 1.54) is 17.8 Å². The number of aromatic nitrogens is 2. The summed E-state index contributed by atoms with van der Waals surface area (Å²) in [6.07, 6.45) is 3.31. The van der Waals surface area contributed by atoms with Crippen molar-refractivity contribution >= 4 is 26.7 Å². The van der Waals surface area contributed by atoms with Gasteiger partial charge in [0, 0.05) is 37.1 Å². The second-order valence-electron chi connectivity index (χ2n) is 5.66. The number of sulfonamides is 1. The minimum Gasteiger partial charge on any atom is -0.347 e. The summed E-state index contributed by atoms with van der Waals surface area (Å²) in [7, 11) is -3.11. The zero-order valence-electron chi connectivity index (χ0n) is 12.2. The third kappa shape index (κ3) is 4.39. The van der Waals surface area contributed by atoms with Gasteiger partial charge in [-0.05, 0) is 18.8 Å². The van der Waals surface area contributed by atoms with E-state index in [0.717, 1.165) is 36.9 Å². The Morgan fingerprint density at radius 3 is 2.85 bits per heavy atom. The molecule has 1 fully saturated rings. The molecule has 8 heteroatoms. The standard InChI is InChI=1S/C12H22N4O2S2/c1-9(2)11-14-12(19-15-11)16-6-4-5-10(8-16)7-13-20(3,17)18/h9-10,13H,4-8H2,1-3H3. The van der Waals surface area contributed by atoms with Crippen LogP contribution in [0.5, 0.6) is 0 Å². The van der Waals surface area contributed by atoms with Gasteiger partial charge in [0.05, 0.1) is 6.26 Å². The lowest BCUT2D eigenvalue weighted by Gasteiger charge is -2.32. The molecule has 0 radical (unpaired) electrons. The van der Waals surface area contributed by atoms with Gasteiger partial charge in [0.1, 0.15) is 5.82 Å². The van der Waals surface area contributed by atoms with Crippen molar-refractivity contribution in [1.29, 1.82) is 0 Å². The minimum atomic E-state index is -3.11. The van der Waals surface area contributed by atoms with E-state index in [2.05, 4.69) is 32.8 Å². The lowest BCUT2D eigenvalue weighted by molar-refractivity contribution is 0.411. The first-order valence-electron chi connectivity index (χ1n) is 6.88. The fourth-order valence-electron chi connectivity index (χ4n) is 2.26. The van der Waals surface area contributed by atoms with Crippen molar-refractivity contribution in [2.75, 3.05) is 30.8 Å². The van der Waals surface area contributed by atoms with Crippen LogP contribution in [0.1, 0.15) is 38.4 Å². The molecule has 0 amide bonds. The molecule has 0 spiro atoms. The van der Waals surface area contributed by atoms with E-state index in [0.29, 0.717) is 18.4 Å². The molecule has 2 rings (SSSR count). The normalized spacial score (nSPS) is 20.6. The lowest BCUT2D eigenvalue weighted by Crippen LogP contribution is -2.40. The van der Waals surface area contributed by atoms with Crippen LogP contribution in [0.4, 0.5) is 5.13 Å². The van der Waals surface area contributed by atoms with Crippen LogP contribution in [0.25, 0.3) is 0 Å². The maximum atomic E-state index is 11.2. The van der Waals surface area contributed by atoms with Crippen molar-refractivity contribution in [2.45, 2.75) is 32.6 Å². The number of anilines is 1. The van der Waals surface area contributed by atoms with Crippen molar-refractivity contribution < 1.29 is 8.42 Å². The molecular weight excluding hydrogens is 296 g/mol. The van der Waals surface area contributed by atoms with Crippen LogP contribution in [0, 0.1) is 5.92 Å². The molecule has 114 valence electrons. The van der Waals surface area contributed by atoms with Gasteiger partial charge in [0.25, 0.3) is 0 Å². The SMILES string of the molecule is CC(C)c1nsc(N2CCCC(CNS(C)(=O)=O)C2)n1. The highest BCUT2D eigenvalue weighted by molar-refractivity contribution is 7.88. The third-order valence-electron chi connectivity index (χ3n) is 3.37. The Kier molecular flexibility index (Phi) is 4.98. The number of rotatable bonds is 5. The van der Waals surface area contributed by atoms with Gasteiger partial charge in [-0.3, -0.25) is 0 Å². The fourth-order valence-corrected chi connectivity index (χ4v) is 3.64. The maximum absolute atomic E-state index is 11.2. The third-order valence-corrected chi connectivity index (χ3v) is 4.85. The topological polar surface area (TPSA) is 75.2 Å². The molecule has 1 aromatic rings. The molecule has 2 heterocycles. The number of hydrogen-bond acceptors (Lipinski definition) is 6. The Morgan fingerprint density at radius 1 is 1.50 bits per heavy atom. The molecule has 0 aromatic carbocycles. The van der Waals surface area contributed by atoms with Crippen molar-refractivity contribution in [3.8, 4) is 0 Å². The average molecular weight is 318 g/mol. The molecule has 1 N–H and O–H groups in total. The second kappa shape index (κ2) is 6.36. The largest absolute Gasteiger partial charge is 0.347 e. The summed E-state index contributed by atoms with van der Waals surface area (Å²) in [6, 6.07) is 0. The van der Waals surface area contributed by atoms with E-state index in [-0.39, 0.29) is 0 Å². The number of nitrogens with zero attached hydrogens (tertiary/aromatic N) is 3. The molecule has 1 aromatic heterocycles. The molecule has 0 bridgehead atoms. The molecule has 1 unspecified atom stereocenters. The maximum Gasteiger partial charge on any atom is 0.208 e. The molecule has 6 nitrogen and oxygen atoms in total. The van der Waals surface area contributed by atoms with Crippen LogP contribution in [-0.2, 0) is 10.0 Å². The number of piperidine rings is 1. The van der Waals surface area contributed by atoms with Crippen LogP contribution in [0.2, 0.25) is 0 Å². The zero-order chi connectivity index (χ0) is 14.8. The van der Waals surface area contributed by atoms with Gasteiger partial charge in [-0.15, -0.1) is 0 Å². The van der Waals surface area contributed by atoms with Crippen LogP contribution in [0.3, 0.4) is 0 Å². The fraction of sp³-hybridized carbons (Fsp3) is 0.833. The van der Waals surface area contributed by atoms with Gasteiger partial charge >= 0.3 is 0 Å². The summed E-state index contributed by atoms with van der Waals surface area (Å²) < 4.78 is 29.3. The van der Waals surface area contributed by atoms with Gasteiger partial charge in [0.2, 0.25) is 15.2 Å². The van der Waals surface area contributed by atoms with E-state index >= 15 is 0 Å². The Bertz CT molecular complexity index is 541. The average Bonchev–Trinajstić information content (AvgIpc) is 2.86. The first kappa shape index (κ1) is 15.7. The summed E-state index contributed by atoms with van der Waals surface area (Å²) in [5.74, 6) is 1.57. The highest BCUT2D eigenvalue weighted by Gasteiger charge is 2.23. The Morgan fingerprint density at radius 2 is 2.25 bits per heavy atom. The Balaban J connectivity index is 1.95.